The Morgan fingerprint density at radius 3 is 2.68 bits per heavy atom. The van der Waals surface area contributed by atoms with Crippen LogP contribution in [0.1, 0.15) is 11.3 Å². The molecule has 0 aliphatic carbocycles. The van der Waals surface area contributed by atoms with E-state index in [0.717, 1.165) is 24.1 Å². The van der Waals surface area contributed by atoms with Crippen molar-refractivity contribution >= 4 is 35.0 Å². The van der Waals surface area contributed by atoms with Gasteiger partial charge in [-0.15, -0.1) is 0 Å². The molecule has 1 aliphatic rings. The Bertz CT molecular complexity index is 980. The molecule has 1 aromatic carbocycles. The number of carbonyl (C=O) groups excluding carboxylic acids is 3. The molecule has 1 fully saturated rings. The van der Waals surface area contributed by atoms with Crippen LogP contribution in [0.2, 0.25) is 0 Å². The van der Waals surface area contributed by atoms with Crippen molar-refractivity contribution in [1.82, 2.24) is 4.90 Å². The number of ether oxygens (including phenoxy) is 1. The molecule has 0 radical (unpaired) electrons. The number of carbonyl (C=O) groups is 3. The second-order valence-electron chi connectivity index (χ2n) is 5.62. The van der Waals surface area contributed by atoms with E-state index < -0.39 is 35.4 Å². The maximum atomic E-state index is 12.8. The Hall–Kier alpha value is -3.01. The number of furan rings is 1. The molecule has 0 unspecified atom stereocenters. The van der Waals surface area contributed by atoms with Crippen LogP contribution in [0.15, 0.2) is 45.7 Å². The Balaban J connectivity index is 1.82. The topological polar surface area (TPSA) is 76.8 Å². The molecule has 0 spiro atoms. The van der Waals surface area contributed by atoms with Crippen LogP contribution in [0.4, 0.5) is 18.0 Å². The van der Waals surface area contributed by atoms with Crippen molar-refractivity contribution in [2.75, 3.05) is 13.7 Å². The molecule has 146 valence electrons. The molecule has 1 aliphatic heterocycles. The van der Waals surface area contributed by atoms with Crippen molar-refractivity contribution in [3.05, 3.63) is 52.6 Å². The SMILES string of the molecule is COC(=O)CN1C(=O)S/C(=C/c2ccc(-c3cccc(C(F)(F)F)c3)o2)C1=O. The third-order valence-electron chi connectivity index (χ3n) is 3.76. The summed E-state index contributed by atoms with van der Waals surface area (Å²) in [5, 5.41) is -0.633. The van der Waals surface area contributed by atoms with Gasteiger partial charge in [-0.2, -0.15) is 13.2 Å². The number of thioether (sulfide) groups is 1. The molecule has 10 heteroatoms. The summed E-state index contributed by atoms with van der Waals surface area (Å²) in [6, 6.07) is 7.54. The van der Waals surface area contributed by atoms with Gasteiger partial charge in [0, 0.05) is 11.6 Å². The summed E-state index contributed by atoms with van der Waals surface area (Å²) in [6.07, 6.45) is -3.19. The zero-order valence-electron chi connectivity index (χ0n) is 14.3. The quantitative estimate of drug-likeness (QED) is 0.555. The molecule has 2 amide bonds. The second-order valence-corrected chi connectivity index (χ2v) is 6.62. The van der Waals surface area contributed by atoms with E-state index >= 15 is 0 Å². The first-order chi connectivity index (χ1) is 13.2. The minimum absolute atomic E-state index is 0.0267. The minimum Gasteiger partial charge on any atom is -0.468 e. The monoisotopic (exact) mass is 411 g/mol. The molecule has 28 heavy (non-hydrogen) atoms. The molecule has 0 N–H and O–H groups in total. The van der Waals surface area contributed by atoms with Gasteiger partial charge in [-0.3, -0.25) is 19.3 Å². The largest absolute Gasteiger partial charge is 0.468 e. The van der Waals surface area contributed by atoms with Crippen LogP contribution < -0.4 is 0 Å². The maximum Gasteiger partial charge on any atom is 0.416 e. The van der Waals surface area contributed by atoms with Crippen molar-refractivity contribution in [3.63, 3.8) is 0 Å². The van der Waals surface area contributed by atoms with Crippen LogP contribution in [0.3, 0.4) is 0 Å². The van der Waals surface area contributed by atoms with Gasteiger partial charge in [-0.05, 0) is 36.0 Å². The summed E-state index contributed by atoms with van der Waals surface area (Å²) < 4.78 is 48.5. The number of alkyl halides is 3. The zero-order valence-corrected chi connectivity index (χ0v) is 15.1. The van der Waals surface area contributed by atoms with Gasteiger partial charge in [0.25, 0.3) is 11.1 Å². The number of hydrogen-bond acceptors (Lipinski definition) is 6. The van der Waals surface area contributed by atoms with E-state index in [9.17, 15) is 27.6 Å². The van der Waals surface area contributed by atoms with Crippen LogP contribution in [0.5, 0.6) is 0 Å². The number of methoxy groups -OCH3 is 1. The maximum absolute atomic E-state index is 12.8. The van der Waals surface area contributed by atoms with Crippen molar-refractivity contribution in [1.29, 1.82) is 0 Å². The third-order valence-corrected chi connectivity index (χ3v) is 4.67. The van der Waals surface area contributed by atoms with Crippen LogP contribution in [0.25, 0.3) is 17.4 Å². The number of amides is 2. The van der Waals surface area contributed by atoms with E-state index in [1.165, 1.54) is 30.3 Å². The van der Waals surface area contributed by atoms with Crippen LogP contribution >= 0.6 is 11.8 Å². The van der Waals surface area contributed by atoms with Gasteiger partial charge in [-0.25, -0.2) is 0 Å². The lowest BCUT2D eigenvalue weighted by atomic mass is 10.1. The van der Waals surface area contributed by atoms with E-state index in [1.807, 2.05) is 0 Å². The molecule has 0 bridgehead atoms. The number of rotatable bonds is 4. The lowest BCUT2D eigenvalue weighted by molar-refractivity contribution is -0.143. The molecule has 1 saturated heterocycles. The fourth-order valence-corrected chi connectivity index (χ4v) is 3.21. The van der Waals surface area contributed by atoms with Gasteiger partial charge in [-0.1, -0.05) is 12.1 Å². The highest BCUT2D eigenvalue weighted by Gasteiger charge is 2.36. The van der Waals surface area contributed by atoms with Crippen LogP contribution in [0, 0.1) is 0 Å². The van der Waals surface area contributed by atoms with Crippen molar-refractivity contribution in [2.45, 2.75) is 6.18 Å². The van der Waals surface area contributed by atoms with Crippen LogP contribution in [-0.4, -0.2) is 35.7 Å². The van der Waals surface area contributed by atoms with Gasteiger partial charge < -0.3 is 9.15 Å². The predicted molar refractivity (Wildman–Crippen MR) is 93.8 cm³/mol. The molecular weight excluding hydrogens is 399 g/mol. The van der Waals surface area contributed by atoms with Gasteiger partial charge in [0.15, 0.2) is 0 Å². The Kier molecular flexibility index (Phi) is 5.32. The average Bonchev–Trinajstić information content (AvgIpc) is 3.21. The highest BCUT2D eigenvalue weighted by atomic mass is 32.2. The van der Waals surface area contributed by atoms with E-state index in [4.69, 9.17) is 4.42 Å². The van der Waals surface area contributed by atoms with E-state index in [0.29, 0.717) is 11.8 Å². The normalized spacial score (nSPS) is 16.1. The van der Waals surface area contributed by atoms with Gasteiger partial charge >= 0.3 is 12.1 Å². The highest BCUT2D eigenvalue weighted by molar-refractivity contribution is 8.18. The summed E-state index contributed by atoms with van der Waals surface area (Å²) in [4.78, 5) is 36.2. The minimum atomic E-state index is -4.48. The molecule has 3 rings (SSSR count). The Morgan fingerprint density at radius 1 is 1.25 bits per heavy atom. The molecule has 0 atom stereocenters. The molecule has 6 nitrogen and oxygen atoms in total. The number of hydrogen-bond donors (Lipinski definition) is 0. The fraction of sp³-hybridized carbons (Fsp3) is 0.167. The summed E-state index contributed by atoms with van der Waals surface area (Å²) in [6.45, 7) is -0.508. The lowest BCUT2D eigenvalue weighted by Crippen LogP contribution is -2.34. The van der Waals surface area contributed by atoms with E-state index in [1.54, 1.807) is 0 Å². The molecule has 0 saturated carbocycles. The highest BCUT2D eigenvalue weighted by Crippen LogP contribution is 2.35. The van der Waals surface area contributed by atoms with Gasteiger partial charge in [0.05, 0.1) is 17.6 Å². The standard InChI is InChI=1S/C18H12F3NO5S/c1-26-15(23)9-22-16(24)14(28-17(22)25)8-12-5-6-13(27-12)10-3-2-4-11(7-10)18(19,20)21/h2-8H,9H2,1H3/b14-8+. The summed E-state index contributed by atoms with van der Waals surface area (Å²) >= 11 is 0.622. The average molecular weight is 411 g/mol. The fourth-order valence-electron chi connectivity index (χ4n) is 2.39. The summed E-state index contributed by atoms with van der Waals surface area (Å²) in [5.74, 6) is -1.08. The smallest absolute Gasteiger partial charge is 0.416 e. The number of esters is 1. The zero-order chi connectivity index (χ0) is 20.5. The number of imide groups is 1. The van der Waals surface area contributed by atoms with Gasteiger partial charge in [0.1, 0.15) is 18.1 Å². The molecule has 2 heterocycles. The predicted octanol–water partition coefficient (Wildman–Crippen LogP) is 4.17. The van der Waals surface area contributed by atoms with Crippen molar-refractivity contribution in [3.8, 4) is 11.3 Å². The lowest BCUT2D eigenvalue weighted by Gasteiger charge is -2.09. The molecule has 1 aromatic heterocycles. The number of benzene rings is 1. The van der Waals surface area contributed by atoms with Crippen molar-refractivity contribution in [2.24, 2.45) is 0 Å². The first-order valence-electron chi connectivity index (χ1n) is 7.78. The first kappa shape index (κ1) is 19.7. The van der Waals surface area contributed by atoms with Gasteiger partial charge in [0.2, 0.25) is 0 Å². The number of nitrogens with zero attached hydrogens (tertiary/aromatic N) is 1. The van der Waals surface area contributed by atoms with E-state index in [2.05, 4.69) is 4.74 Å². The molecular formula is C18H12F3NO5S. The Labute approximate surface area is 160 Å². The van der Waals surface area contributed by atoms with Crippen LogP contribution in [-0.2, 0) is 20.5 Å². The van der Waals surface area contributed by atoms with E-state index in [-0.39, 0.29) is 22.0 Å². The second kappa shape index (κ2) is 7.55. The van der Waals surface area contributed by atoms with Crippen molar-refractivity contribution < 1.29 is 36.7 Å². The third kappa shape index (κ3) is 4.11. The first-order valence-corrected chi connectivity index (χ1v) is 8.60. The summed E-state index contributed by atoms with van der Waals surface area (Å²) in [5.41, 5.74) is -0.597. The summed E-state index contributed by atoms with van der Waals surface area (Å²) in [7, 11) is 1.13. The Morgan fingerprint density at radius 2 is 2.00 bits per heavy atom. The number of halogens is 3. The molecule has 2 aromatic rings.